The van der Waals surface area contributed by atoms with E-state index in [-0.39, 0.29) is 31.0 Å². The number of nitrogens with zero attached hydrogens (tertiary/aromatic N) is 1. The van der Waals surface area contributed by atoms with Crippen molar-refractivity contribution in [3.8, 4) is 0 Å². The Morgan fingerprint density at radius 3 is 2.12 bits per heavy atom. The first-order chi connectivity index (χ1) is 19.2. The van der Waals surface area contributed by atoms with Gasteiger partial charge in [-0.1, -0.05) is 67.6 Å². The quantitative estimate of drug-likeness (QED) is 0.326. The van der Waals surface area contributed by atoms with Gasteiger partial charge in [0.25, 0.3) is 5.91 Å². The summed E-state index contributed by atoms with van der Waals surface area (Å²) < 4.78 is 31.4. The Hall–Kier alpha value is -3.57. The molecule has 2 atom stereocenters. The van der Waals surface area contributed by atoms with Crippen LogP contribution < -0.4 is 10.6 Å². The first-order valence-electron chi connectivity index (χ1n) is 13.4. The molecule has 2 aromatic carbocycles. The average molecular weight is 572 g/mol. The maximum atomic E-state index is 13.3. The number of hydrogen-bond acceptors (Lipinski definition) is 7. The predicted molar refractivity (Wildman–Crippen MR) is 150 cm³/mol. The summed E-state index contributed by atoms with van der Waals surface area (Å²) in [7, 11) is -3.79. The molecule has 0 radical (unpaired) electrons. The number of sulfone groups is 1. The van der Waals surface area contributed by atoms with Gasteiger partial charge in [0, 0.05) is 26.1 Å². The fourth-order valence-electron chi connectivity index (χ4n) is 4.43. The molecule has 1 aliphatic rings. The molecule has 216 valence electrons. The summed E-state index contributed by atoms with van der Waals surface area (Å²) in [6.45, 7) is 3.31. The van der Waals surface area contributed by atoms with Gasteiger partial charge in [-0.3, -0.25) is 19.2 Å². The zero-order valence-electron chi connectivity index (χ0n) is 22.7. The number of hydrogen-bond donors (Lipinski definition) is 2. The van der Waals surface area contributed by atoms with Gasteiger partial charge in [0.05, 0.1) is 36.7 Å². The molecular formula is C29H37N3O7S. The third-order valence-corrected chi connectivity index (χ3v) is 8.33. The van der Waals surface area contributed by atoms with E-state index in [0.717, 1.165) is 5.56 Å². The summed E-state index contributed by atoms with van der Waals surface area (Å²) in [4.78, 5) is 53.2. The molecule has 40 heavy (non-hydrogen) atoms. The molecule has 1 fully saturated rings. The first kappa shape index (κ1) is 31.0. The molecule has 0 aromatic heterocycles. The van der Waals surface area contributed by atoms with E-state index in [1.54, 1.807) is 37.3 Å². The van der Waals surface area contributed by atoms with E-state index in [0.29, 0.717) is 38.3 Å². The zero-order chi connectivity index (χ0) is 29.0. The number of amides is 3. The number of Topliss-reactive ketones (excluding diaryl/α,β-unsaturated/α-hetero) is 1. The number of rotatable bonds is 14. The highest BCUT2D eigenvalue weighted by molar-refractivity contribution is 7.90. The van der Waals surface area contributed by atoms with Crippen LogP contribution >= 0.6 is 0 Å². The van der Waals surface area contributed by atoms with Gasteiger partial charge in [0.1, 0.15) is 0 Å². The molecule has 1 unspecified atom stereocenters. The molecule has 0 spiro atoms. The summed E-state index contributed by atoms with van der Waals surface area (Å²) in [5, 5.41) is 5.12. The van der Waals surface area contributed by atoms with Crippen molar-refractivity contribution < 1.29 is 32.3 Å². The fourth-order valence-corrected chi connectivity index (χ4v) is 6.13. The number of benzene rings is 2. The standard InChI is InChI=1S/C29H37N3O7S/c1-2-25(27(34)29(36)30-14-13-22-9-5-3-6-10-22)31-28(35)24(19-26(33)32-15-17-39-18-16-32)21-40(37,38)20-23-11-7-4-8-12-23/h3-12,24-25H,2,13-21H2,1H3,(H,30,36)(H,31,35)/t24?,25-/m0/s1. The van der Waals surface area contributed by atoms with Gasteiger partial charge >= 0.3 is 0 Å². The summed E-state index contributed by atoms with van der Waals surface area (Å²) in [6, 6.07) is 16.9. The smallest absolute Gasteiger partial charge is 0.289 e. The molecule has 0 saturated carbocycles. The lowest BCUT2D eigenvalue weighted by Gasteiger charge is -2.28. The number of ether oxygens (including phenoxy) is 1. The van der Waals surface area contributed by atoms with Crippen molar-refractivity contribution in [3.05, 3.63) is 71.8 Å². The predicted octanol–water partition coefficient (Wildman–Crippen LogP) is 1.29. The molecule has 2 aromatic rings. The summed E-state index contributed by atoms with van der Waals surface area (Å²) >= 11 is 0. The molecule has 1 aliphatic heterocycles. The second kappa shape index (κ2) is 15.3. The van der Waals surface area contributed by atoms with Crippen LogP contribution in [-0.2, 0) is 45.9 Å². The maximum Gasteiger partial charge on any atom is 0.289 e. The van der Waals surface area contributed by atoms with Gasteiger partial charge in [0.15, 0.2) is 9.84 Å². The lowest BCUT2D eigenvalue weighted by atomic mass is 10.0. The molecule has 11 heteroatoms. The van der Waals surface area contributed by atoms with Gasteiger partial charge in [-0.25, -0.2) is 8.42 Å². The van der Waals surface area contributed by atoms with Crippen molar-refractivity contribution in [2.75, 3.05) is 38.6 Å². The van der Waals surface area contributed by atoms with Gasteiger partial charge in [-0.2, -0.15) is 0 Å². The Kier molecular flexibility index (Phi) is 11.8. The van der Waals surface area contributed by atoms with E-state index in [2.05, 4.69) is 10.6 Å². The van der Waals surface area contributed by atoms with Crippen LogP contribution in [0, 0.1) is 5.92 Å². The monoisotopic (exact) mass is 571 g/mol. The molecule has 0 aliphatic carbocycles. The summed E-state index contributed by atoms with van der Waals surface area (Å²) in [5.74, 6) is -4.87. The Morgan fingerprint density at radius 2 is 1.52 bits per heavy atom. The number of nitrogens with one attached hydrogen (secondary N) is 2. The van der Waals surface area contributed by atoms with E-state index in [1.807, 2.05) is 30.3 Å². The molecule has 2 N–H and O–H groups in total. The molecule has 10 nitrogen and oxygen atoms in total. The third-order valence-electron chi connectivity index (χ3n) is 6.65. The van der Waals surface area contributed by atoms with E-state index in [4.69, 9.17) is 4.74 Å². The van der Waals surface area contributed by atoms with E-state index in [1.165, 1.54) is 4.90 Å². The van der Waals surface area contributed by atoms with Crippen LogP contribution in [0.15, 0.2) is 60.7 Å². The third kappa shape index (κ3) is 9.87. The van der Waals surface area contributed by atoms with Gasteiger partial charge in [-0.05, 0) is 24.0 Å². The van der Waals surface area contributed by atoms with Crippen molar-refractivity contribution in [1.29, 1.82) is 0 Å². The minimum absolute atomic E-state index is 0.123. The molecule has 3 amide bonds. The minimum atomic E-state index is -3.79. The Bertz CT molecular complexity index is 1250. The molecular weight excluding hydrogens is 534 g/mol. The van der Waals surface area contributed by atoms with Crippen molar-refractivity contribution in [3.63, 3.8) is 0 Å². The summed E-state index contributed by atoms with van der Waals surface area (Å²) in [5.41, 5.74) is 1.56. The average Bonchev–Trinajstić information content (AvgIpc) is 2.96. The van der Waals surface area contributed by atoms with Gasteiger partial charge in [0.2, 0.25) is 17.6 Å². The SMILES string of the molecule is CC[C@H](NC(=O)C(CC(=O)N1CCOCC1)CS(=O)(=O)Cc1ccccc1)C(=O)C(=O)NCCc1ccccc1. The van der Waals surface area contributed by atoms with Crippen molar-refractivity contribution in [1.82, 2.24) is 15.5 Å². The van der Waals surface area contributed by atoms with E-state index >= 15 is 0 Å². The van der Waals surface area contributed by atoms with Crippen LogP contribution in [0.25, 0.3) is 0 Å². The van der Waals surface area contributed by atoms with Crippen molar-refractivity contribution in [2.45, 2.75) is 38.0 Å². The molecule has 1 saturated heterocycles. The second-order valence-electron chi connectivity index (χ2n) is 9.76. The van der Waals surface area contributed by atoms with Crippen LogP contribution in [0.3, 0.4) is 0 Å². The highest BCUT2D eigenvalue weighted by Gasteiger charge is 2.33. The number of ketones is 1. The highest BCUT2D eigenvalue weighted by atomic mass is 32.2. The van der Waals surface area contributed by atoms with Crippen LogP contribution in [0.1, 0.15) is 30.9 Å². The Balaban J connectivity index is 1.66. The van der Waals surface area contributed by atoms with Crippen molar-refractivity contribution >= 4 is 33.3 Å². The van der Waals surface area contributed by atoms with Crippen molar-refractivity contribution in [2.24, 2.45) is 5.92 Å². The summed E-state index contributed by atoms with van der Waals surface area (Å²) in [6.07, 6.45) is 0.319. The molecule has 1 heterocycles. The normalized spacial score (nSPS) is 15.1. The number of carbonyl (C=O) groups is 4. The van der Waals surface area contributed by atoms with Crippen LogP contribution in [0.5, 0.6) is 0 Å². The van der Waals surface area contributed by atoms with Crippen LogP contribution in [-0.4, -0.2) is 81.5 Å². The molecule has 0 bridgehead atoms. The van der Waals surface area contributed by atoms with Crippen LogP contribution in [0.4, 0.5) is 0 Å². The number of morpholine rings is 1. The van der Waals surface area contributed by atoms with E-state index in [9.17, 15) is 27.6 Å². The lowest BCUT2D eigenvalue weighted by Crippen LogP contribution is -2.50. The zero-order valence-corrected chi connectivity index (χ0v) is 23.5. The maximum absolute atomic E-state index is 13.3. The van der Waals surface area contributed by atoms with Crippen LogP contribution in [0.2, 0.25) is 0 Å². The fraction of sp³-hybridized carbons (Fsp3) is 0.448. The van der Waals surface area contributed by atoms with E-state index < -0.39 is 45.1 Å². The molecule has 3 rings (SSSR count). The Labute approximate surface area is 235 Å². The topological polar surface area (TPSA) is 139 Å². The second-order valence-corrected chi connectivity index (χ2v) is 11.9. The number of carbonyl (C=O) groups excluding carboxylic acids is 4. The van der Waals surface area contributed by atoms with Gasteiger partial charge in [-0.15, -0.1) is 0 Å². The van der Waals surface area contributed by atoms with Gasteiger partial charge < -0.3 is 20.3 Å². The lowest BCUT2D eigenvalue weighted by molar-refractivity contribution is -0.141. The minimum Gasteiger partial charge on any atom is -0.378 e. The highest BCUT2D eigenvalue weighted by Crippen LogP contribution is 2.16. The first-order valence-corrected chi connectivity index (χ1v) is 15.3. The largest absolute Gasteiger partial charge is 0.378 e. The Morgan fingerprint density at radius 1 is 0.925 bits per heavy atom.